The number of carboxylic acids is 1. The van der Waals surface area contributed by atoms with Crippen molar-refractivity contribution in [2.75, 3.05) is 18.4 Å². The van der Waals surface area contributed by atoms with Crippen molar-refractivity contribution in [3.8, 4) is 5.75 Å². The van der Waals surface area contributed by atoms with Crippen LogP contribution in [0.1, 0.15) is 13.3 Å². The highest BCUT2D eigenvalue weighted by Gasteiger charge is 2.32. The molecule has 2 rings (SSSR count). The number of hydrogen-bond acceptors (Lipinski definition) is 3. The normalized spacial score (nSPS) is 20.8. The van der Waals surface area contributed by atoms with Crippen LogP contribution in [0.15, 0.2) is 18.2 Å². The van der Waals surface area contributed by atoms with Gasteiger partial charge < -0.3 is 20.1 Å². The number of urea groups is 1. The van der Waals surface area contributed by atoms with Crippen LogP contribution in [0.5, 0.6) is 5.75 Å². The van der Waals surface area contributed by atoms with Gasteiger partial charge in [0.05, 0.1) is 11.6 Å². The fraction of sp³-hybridized carbons (Fsp3) is 0.467. The molecule has 9 heteroatoms. The highest BCUT2D eigenvalue weighted by molar-refractivity contribution is 5.90. The number of carboxylic acid groups (broad SMARTS) is 1. The highest BCUT2D eigenvalue weighted by atomic mass is 19.3. The molecule has 0 spiro atoms. The monoisotopic (exact) mass is 346 g/mol. The molecule has 1 fully saturated rings. The number of aliphatic carboxylic acids is 1. The van der Waals surface area contributed by atoms with Gasteiger partial charge in [0.1, 0.15) is 11.6 Å². The van der Waals surface area contributed by atoms with Gasteiger partial charge in [-0.15, -0.1) is 0 Å². The topological polar surface area (TPSA) is 78.9 Å². The number of carbonyl (C=O) groups is 2. The van der Waals surface area contributed by atoms with E-state index in [0.717, 1.165) is 18.2 Å². The molecule has 0 aliphatic carbocycles. The highest BCUT2D eigenvalue weighted by Crippen LogP contribution is 2.25. The van der Waals surface area contributed by atoms with Gasteiger partial charge in [-0.3, -0.25) is 4.79 Å². The SMILES string of the molecule is CC1CC(C(=O)O)CN(C(=O)Nc2ccc(OC(F)F)cc2F)C1. The van der Waals surface area contributed by atoms with Gasteiger partial charge in [-0.2, -0.15) is 8.78 Å². The van der Waals surface area contributed by atoms with E-state index in [4.69, 9.17) is 5.11 Å². The van der Waals surface area contributed by atoms with Gasteiger partial charge in [-0.1, -0.05) is 6.92 Å². The maximum absolute atomic E-state index is 13.9. The molecule has 2 atom stereocenters. The molecule has 1 aliphatic heterocycles. The van der Waals surface area contributed by atoms with Crippen LogP contribution < -0.4 is 10.1 Å². The number of piperidine rings is 1. The first-order valence-corrected chi connectivity index (χ1v) is 7.29. The first-order chi connectivity index (χ1) is 11.3. The second-order valence-electron chi connectivity index (χ2n) is 5.73. The van der Waals surface area contributed by atoms with Crippen LogP contribution in [0, 0.1) is 17.7 Å². The Morgan fingerprint density at radius 1 is 1.38 bits per heavy atom. The third-order valence-corrected chi connectivity index (χ3v) is 3.70. The number of carbonyl (C=O) groups excluding carboxylic acids is 1. The molecule has 1 saturated heterocycles. The van der Waals surface area contributed by atoms with E-state index in [1.165, 1.54) is 4.90 Å². The summed E-state index contributed by atoms with van der Waals surface area (Å²) < 4.78 is 42.1. The summed E-state index contributed by atoms with van der Waals surface area (Å²) in [7, 11) is 0. The fourth-order valence-corrected chi connectivity index (χ4v) is 2.66. The van der Waals surface area contributed by atoms with Crippen molar-refractivity contribution in [3.05, 3.63) is 24.0 Å². The smallest absolute Gasteiger partial charge is 0.387 e. The summed E-state index contributed by atoms with van der Waals surface area (Å²) in [6, 6.07) is 2.30. The second-order valence-corrected chi connectivity index (χ2v) is 5.73. The average Bonchev–Trinajstić information content (AvgIpc) is 2.48. The maximum Gasteiger partial charge on any atom is 0.387 e. The summed E-state index contributed by atoms with van der Waals surface area (Å²) in [5, 5.41) is 11.4. The summed E-state index contributed by atoms with van der Waals surface area (Å²) in [6.45, 7) is -0.872. The number of anilines is 1. The van der Waals surface area contributed by atoms with Gasteiger partial charge in [-0.25, -0.2) is 9.18 Å². The van der Waals surface area contributed by atoms with Crippen LogP contribution in [0.2, 0.25) is 0 Å². The lowest BCUT2D eigenvalue weighted by molar-refractivity contribution is -0.143. The summed E-state index contributed by atoms with van der Waals surface area (Å²) >= 11 is 0. The number of ether oxygens (including phenoxy) is 1. The molecule has 0 bridgehead atoms. The molecule has 132 valence electrons. The van der Waals surface area contributed by atoms with E-state index in [9.17, 15) is 22.8 Å². The second kappa shape index (κ2) is 7.41. The van der Waals surface area contributed by atoms with E-state index in [1.807, 2.05) is 6.92 Å². The Labute approximate surface area is 136 Å². The minimum atomic E-state index is -3.08. The van der Waals surface area contributed by atoms with Gasteiger partial charge in [0.15, 0.2) is 0 Å². The quantitative estimate of drug-likeness (QED) is 0.878. The predicted octanol–water partition coefficient (Wildman–Crippen LogP) is 3.00. The molecule has 0 aromatic heterocycles. The van der Waals surface area contributed by atoms with Crippen LogP contribution in [0.25, 0.3) is 0 Å². The number of nitrogens with zero attached hydrogens (tertiary/aromatic N) is 1. The Balaban J connectivity index is 2.04. The first-order valence-electron chi connectivity index (χ1n) is 7.29. The van der Waals surface area contributed by atoms with Crippen molar-refractivity contribution in [2.45, 2.75) is 20.0 Å². The predicted molar refractivity (Wildman–Crippen MR) is 78.5 cm³/mol. The molecule has 24 heavy (non-hydrogen) atoms. The van der Waals surface area contributed by atoms with Crippen LogP contribution >= 0.6 is 0 Å². The Morgan fingerprint density at radius 3 is 2.67 bits per heavy atom. The summed E-state index contributed by atoms with van der Waals surface area (Å²) in [6.07, 6.45) is 0.465. The van der Waals surface area contributed by atoms with Crippen molar-refractivity contribution in [3.63, 3.8) is 0 Å². The Morgan fingerprint density at radius 2 is 2.08 bits per heavy atom. The van der Waals surface area contributed by atoms with Crippen LogP contribution in [-0.4, -0.2) is 41.7 Å². The minimum Gasteiger partial charge on any atom is -0.481 e. The lowest BCUT2D eigenvalue weighted by atomic mass is 9.91. The van der Waals surface area contributed by atoms with Crippen molar-refractivity contribution >= 4 is 17.7 Å². The third-order valence-electron chi connectivity index (χ3n) is 3.70. The van der Waals surface area contributed by atoms with Crippen molar-refractivity contribution in [1.29, 1.82) is 0 Å². The molecule has 6 nitrogen and oxygen atoms in total. The summed E-state index contributed by atoms with van der Waals surface area (Å²) in [5.74, 6) is -2.96. The van der Waals surface area contributed by atoms with Crippen molar-refractivity contribution in [2.24, 2.45) is 11.8 Å². The van der Waals surface area contributed by atoms with Crippen LogP contribution in [-0.2, 0) is 4.79 Å². The van der Waals surface area contributed by atoms with Gasteiger partial charge in [0.2, 0.25) is 0 Å². The van der Waals surface area contributed by atoms with Gasteiger partial charge in [0.25, 0.3) is 0 Å². The van der Waals surface area contributed by atoms with E-state index < -0.39 is 30.3 Å². The fourth-order valence-electron chi connectivity index (χ4n) is 2.66. The number of hydrogen-bond donors (Lipinski definition) is 2. The lowest BCUT2D eigenvalue weighted by Crippen LogP contribution is -2.47. The Hall–Kier alpha value is -2.45. The zero-order valence-corrected chi connectivity index (χ0v) is 12.8. The van der Waals surface area contributed by atoms with Gasteiger partial charge >= 0.3 is 18.6 Å². The largest absolute Gasteiger partial charge is 0.481 e. The molecule has 1 aliphatic rings. The molecule has 0 radical (unpaired) electrons. The number of rotatable bonds is 4. The zero-order chi connectivity index (χ0) is 17.9. The molecule has 1 heterocycles. The summed E-state index contributed by atoms with van der Waals surface area (Å²) in [5.41, 5.74) is -0.202. The number of likely N-dealkylation sites (tertiary alicyclic amines) is 1. The molecule has 2 N–H and O–H groups in total. The van der Waals surface area contributed by atoms with Gasteiger partial charge in [0, 0.05) is 19.2 Å². The van der Waals surface area contributed by atoms with E-state index in [-0.39, 0.29) is 23.9 Å². The van der Waals surface area contributed by atoms with E-state index in [1.54, 1.807) is 0 Å². The number of amides is 2. The zero-order valence-electron chi connectivity index (χ0n) is 12.8. The van der Waals surface area contributed by atoms with Crippen molar-refractivity contribution in [1.82, 2.24) is 4.90 Å². The molecule has 1 aromatic carbocycles. The number of alkyl halides is 2. The molecule has 1 aromatic rings. The first kappa shape index (κ1) is 17.9. The Kier molecular flexibility index (Phi) is 5.53. The number of halogens is 3. The number of nitrogens with one attached hydrogen (secondary N) is 1. The van der Waals surface area contributed by atoms with Gasteiger partial charge in [-0.05, 0) is 24.5 Å². The van der Waals surface area contributed by atoms with E-state index in [0.29, 0.717) is 13.0 Å². The minimum absolute atomic E-state index is 0.00253. The molecular formula is C15H17F3N2O4. The Bertz CT molecular complexity index is 627. The van der Waals surface area contributed by atoms with Crippen molar-refractivity contribution < 1.29 is 32.6 Å². The standard InChI is InChI=1S/C15H17F3N2O4/c1-8-4-9(13(21)22)7-20(6-8)15(23)19-12-3-2-10(5-11(12)16)24-14(17)18/h2-3,5,8-9,14H,4,6-7H2,1H3,(H,19,23)(H,21,22). The molecule has 2 amide bonds. The van der Waals surface area contributed by atoms with Crippen LogP contribution in [0.4, 0.5) is 23.7 Å². The average molecular weight is 346 g/mol. The molecule has 2 unspecified atom stereocenters. The molecule has 0 saturated carbocycles. The number of benzene rings is 1. The lowest BCUT2D eigenvalue weighted by Gasteiger charge is -2.34. The third kappa shape index (κ3) is 4.53. The maximum atomic E-state index is 13.9. The van der Waals surface area contributed by atoms with E-state index >= 15 is 0 Å². The van der Waals surface area contributed by atoms with E-state index in [2.05, 4.69) is 10.1 Å². The van der Waals surface area contributed by atoms with Crippen LogP contribution in [0.3, 0.4) is 0 Å². The summed E-state index contributed by atoms with van der Waals surface area (Å²) in [4.78, 5) is 24.6. The molecular weight excluding hydrogens is 329 g/mol.